The molecular formula is C20H22O7. The number of rotatable bonds is 5. The molecule has 0 aromatic heterocycles. The van der Waals surface area contributed by atoms with Crippen molar-refractivity contribution < 1.29 is 35.0 Å². The molecule has 1 fully saturated rings. The fraction of sp³-hybridized carbons (Fsp3) is 0.300. The van der Waals surface area contributed by atoms with Gasteiger partial charge in [0, 0.05) is 18.9 Å². The molecule has 3 atom stereocenters. The predicted molar refractivity (Wildman–Crippen MR) is 98.4 cm³/mol. The zero-order valence-electron chi connectivity index (χ0n) is 14.5. The lowest BCUT2D eigenvalue weighted by Crippen LogP contribution is -2.40. The molecule has 0 saturated carbocycles. The first-order valence-electron chi connectivity index (χ1n) is 8.58. The zero-order chi connectivity index (χ0) is 19.4. The quantitative estimate of drug-likeness (QED) is 0.509. The van der Waals surface area contributed by atoms with Crippen molar-refractivity contribution in [1.82, 2.24) is 0 Å². The van der Waals surface area contributed by atoms with Gasteiger partial charge in [0.1, 0.15) is 11.5 Å². The molecule has 0 bridgehead atoms. The fourth-order valence-electron chi connectivity index (χ4n) is 2.93. The number of hydrogen-bond acceptors (Lipinski definition) is 7. The summed E-state index contributed by atoms with van der Waals surface area (Å²) in [7, 11) is 0. The Labute approximate surface area is 156 Å². The van der Waals surface area contributed by atoms with Crippen molar-refractivity contribution >= 4 is 12.2 Å². The Kier molecular flexibility index (Phi) is 5.85. The van der Waals surface area contributed by atoms with Gasteiger partial charge < -0.3 is 35.0 Å². The van der Waals surface area contributed by atoms with E-state index in [2.05, 4.69) is 0 Å². The van der Waals surface area contributed by atoms with Crippen LogP contribution in [-0.2, 0) is 4.74 Å². The second kappa shape index (κ2) is 8.30. The molecule has 0 unspecified atom stereocenters. The van der Waals surface area contributed by atoms with E-state index in [9.17, 15) is 25.5 Å². The first kappa shape index (κ1) is 19.0. The van der Waals surface area contributed by atoms with Crippen LogP contribution in [-0.4, -0.2) is 50.6 Å². The summed E-state index contributed by atoms with van der Waals surface area (Å²) in [5.41, 5.74) is 1.28. The molecule has 144 valence electrons. The van der Waals surface area contributed by atoms with Crippen LogP contribution in [0, 0.1) is 0 Å². The molecule has 1 aliphatic heterocycles. The SMILES string of the molecule is OC[C@@H]1C[C@H](O)C[C@H](Oc2ccc(/C=C/c3cc(O)cc(O)c3)cc2O)O1. The van der Waals surface area contributed by atoms with Gasteiger partial charge in [0.15, 0.2) is 11.5 Å². The molecule has 1 saturated heterocycles. The molecule has 2 aromatic carbocycles. The molecule has 2 aromatic rings. The van der Waals surface area contributed by atoms with Crippen molar-refractivity contribution in [3.8, 4) is 23.0 Å². The van der Waals surface area contributed by atoms with Gasteiger partial charge in [-0.05, 0) is 35.4 Å². The standard InChI is InChI=1S/C20H22O7/c21-11-17-9-16(24)10-20(26-17)27-19-4-3-12(7-18(19)25)1-2-13-5-14(22)8-15(23)6-13/h1-8,16-17,20-25H,9-11H2/b2-1+/t16-,17-,20-/m0/s1. The third-order valence-corrected chi connectivity index (χ3v) is 4.18. The van der Waals surface area contributed by atoms with Crippen LogP contribution in [0.3, 0.4) is 0 Å². The monoisotopic (exact) mass is 374 g/mol. The van der Waals surface area contributed by atoms with E-state index < -0.39 is 18.5 Å². The normalized spacial score (nSPS) is 22.8. The molecule has 27 heavy (non-hydrogen) atoms. The average molecular weight is 374 g/mol. The van der Waals surface area contributed by atoms with E-state index in [1.165, 1.54) is 24.3 Å². The van der Waals surface area contributed by atoms with Gasteiger partial charge in [-0.3, -0.25) is 0 Å². The van der Waals surface area contributed by atoms with Crippen LogP contribution >= 0.6 is 0 Å². The van der Waals surface area contributed by atoms with E-state index in [1.54, 1.807) is 24.3 Å². The van der Waals surface area contributed by atoms with Crippen molar-refractivity contribution in [2.75, 3.05) is 6.61 Å². The maximum atomic E-state index is 10.2. The van der Waals surface area contributed by atoms with Crippen molar-refractivity contribution in [2.24, 2.45) is 0 Å². The van der Waals surface area contributed by atoms with Gasteiger partial charge >= 0.3 is 0 Å². The molecule has 3 rings (SSSR count). The highest BCUT2D eigenvalue weighted by molar-refractivity contribution is 5.72. The van der Waals surface area contributed by atoms with Crippen molar-refractivity contribution in [3.05, 3.63) is 47.5 Å². The molecule has 0 radical (unpaired) electrons. The number of aliphatic hydroxyl groups is 2. The lowest BCUT2D eigenvalue weighted by molar-refractivity contribution is -0.185. The topological polar surface area (TPSA) is 120 Å². The lowest BCUT2D eigenvalue weighted by atomic mass is 10.1. The molecular weight excluding hydrogens is 352 g/mol. The van der Waals surface area contributed by atoms with Crippen molar-refractivity contribution in [2.45, 2.75) is 31.3 Å². The van der Waals surface area contributed by atoms with E-state index in [-0.39, 0.29) is 36.0 Å². The first-order valence-corrected chi connectivity index (χ1v) is 8.58. The zero-order valence-corrected chi connectivity index (χ0v) is 14.5. The Morgan fingerprint density at radius 1 is 0.963 bits per heavy atom. The summed E-state index contributed by atoms with van der Waals surface area (Å²) >= 11 is 0. The Balaban J connectivity index is 1.69. The lowest BCUT2D eigenvalue weighted by Gasteiger charge is -2.32. The van der Waals surface area contributed by atoms with Crippen LogP contribution in [0.5, 0.6) is 23.0 Å². The second-order valence-electron chi connectivity index (χ2n) is 6.46. The van der Waals surface area contributed by atoms with E-state index in [0.717, 1.165) is 0 Å². The van der Waals surface area contributed by atoms with E-state index in [4.69, 9.17) is 9.47 Å². The van der Waals surface area contributed by atoms with Crippen molar-refractivity contribution in [3.63, 3.8) is 0 Å². The van der Waals surface area contributed by atoms with Crippen LogP contribution < -0.4 is 4.74 Å². The van der Waals surface area contributed by atoms with Gasteiger partial charge in [0.25, 0.3) is 0 Å². The second-order valence-corrected chi connectivity index (χ2v) is 6.46. The van der Waals surface area contributed by atoms with E-state index in [1.807, 2.05) is 0 Å². The van der Waals surface area contributed by atoms with Crippen LogP contribution in [0.15, 0.2) is 36.4 Å². The molecule has 0 amide bonds. The van der Waals surface area contributed by atoms with Gasteiger partial charge in [0.2, 0.25) is 6.29 Å². The number of aliphatic hydroxyl groups excluding tert-OH is 2. The Morgan fingerprint density at radius 3 is 2.33 bits per heavy atom. The fourth-order valence-corrected chi connectivity index (χ4v) is 2.93. The Bertz CT molecular complexity index is 798. The first-order chi connectivity index (χ1) is 12.9. The summed E-state index contributed by atoms with van der Waals surface area (Å²) in [6, 6.07) is 9.02. The number of ether oxygens (including phenoxy) is 2. The highest BCUT2D eigenvalue weighted by atomic mass is 16.7. The van der Waals surface area contributed by atoms with Gasteiger partial charge in [-0.1, -0.05) is 18.2 Å². The number of aromatic hydroxyl groups is 3. The summed E-state index contributed by atoms with van der Waals surface area (Å²) in [4.78, 5) is 0. The summed E-state index contributed by atoms with van der Waals surface area (Å²) in [5.74, 6) is 0.0206. The molecule has 1 aliphatic rings. The third kappa shape index (κ3) is 5.13. The van der Waals surface area contributed by atoms with E-state index in [0.29, 0.717) is 17.5 Å². The van der Waals surface area contributed by atoms with Crippen molar-refractivity contribution in [1.29, 1.82) is 0 Å². The number of hydrogen-bond donors (Lipinski definition) is 5. The Hall–Kier alpha value is -2.74. The number of phenols is 3. The molecule has 7 nitrogen and oxygen atoms in total. The minimum Gasteiger partial charge on any atom is -0.508 e. The van der Waals surface area contributed by atoms with Gasteiger partial charge in [0.05, 0.1) is 18.8 Å². The minimum atomic E-state index is -0.756. The molecule has 5 N–H and O–H groups in total. The van der Waals surface area contributed by atoms with E-state index >= 15 is 0 Å². The number of benzene rings is 2. The minimum absolute atomic E-state index is 0.0444. The Morgan fingerprint density at radius 2 is 1.67 bits per heavy atom. The van der Waals surface area contributed by atoms with Crippen LogP contribution in [0.25, 0.3) is 12.2 Å². The maximum absolute atomic E-state index is 10.2. The van der Waals surface area contributed by atoms with Crippen LogP contribution in [0.1, 0.15) is 24.0 Å². The summed E-state index contributed by atoms with van der Waals surface area (Å²) in [5, 5.41) is 48.2. The molecule has 0 spiro atoms. The maximum Gasteiger partial charge on any atom is 0.202 e. The average Bonchev–Trinajstić information content (AvgIpc) is 2.61. The summed E-state index contributed by atoms with van der Waals surface area (Å²) < 4.78 is 11.1. The van der Waals surface area contributed by atoms with Gasteiger partial charge in [-0.2, -0.15) is 0 Å². The van der Waals surface area contributed by atoms with Crippen LogP contribution in [0.2, 0.25) is 0 Å². The third-order valence-electron chi connectivity index (χ3n) is 4.18. The summed E-state index contributed by atoms with van der Waals surface area (Å²) in [6.45, 7) is -0.211. The molecule has 0 aliphatic carbocycles. The van der Waals surface area contributed by atoms with Gasteiger partial charge in [-0.15, -0.1) is 0 Å². The predicted octanol–water partition coefficient (Wildman–Crippen LogP) is 2.21. The van der Waals surface area contributed by atoms with Crippen LogP contribution in [0.4, 0.5) is 0 Å². The number of phenolic OH excluding ortho intramolecular Hbond substituents is 3. The van der Waals surface area contributed by atoms with Gasteiger partial charge in [-0.25, -0.2) is 0 Å². The summed E-state index contributed by atoms with van der Waals surface area (Å²) in [6.07, 6.45) is 2.09. The largest absolute Gasteiger partial charge is 0.508 e. The smallest absolute Gasteiger partial charge is 0.202 e. The highest BCUT2D eigenvalue weighted by Crippen LogP contribution is 2.31. The molecule has 7 heteroatoms. The molecule has 1 heterocycles. The highest BCUT2D eigenvalue weighted by Gasteiger charge is 2.29.